The number of rotatable bonds is 8. The molecule has 1 unspecified atom stereocenters. The molecule has 1 aliphatic heterocycles. The van der Waals surface area contributed by atoms with Gasteiger partial charge in [0.05, 0.1) is 6.54 Å². The molecule has 2 heterocycles. The van der Waals surface area contributed by atoms with E-state index >= 15 is 0 Å². The molecule has 1 saturated heterocycles. The lowest BCUT2D eigenvalue weighted by atomic mass is 10.1. The van der Waals surface area contributed by atoms with Crippen LogP contribution < -0.4 is 0 Å². The Morgan fingerprint density at radius 3 is 2.88 bits per heavy atom. The largest absolute Gasteiger partial charge is 0.339 e. The third kappa shape index (κ3) is 4.65. The van der Waals surface area contributed by atoms with Crippen LogP contribution in [-0.4, -0.2) is 52.7 Å². The van der Waals surface area contributed by atoms with Crippen molar-refractivity contribution in [2.75, 3.05) is 26.7 Å². The maximum atomic E-state index is 5.20. The molecule has 5 nitrogen and oxygen atoms in total. The van der Waals surface area contributed by atoms with Gasteiger partial charge in [-0.1, -0.05) is 42.4 Å². The lowest BCUT2D eigenvalue weighted by molar-refractivity contribution is 0.217. The first-order valence-electron chi connectivity index (χ1n) is 9.02. The van der Waals surface area contributed by atoms with Gasteiger partial charge in [-0.3, -0.25) is 4.90 Å². The summed E-state index contributed by atoms with van der Waals surface area (Å²) in [7, 11) is 2.17. The van der Waals surface area contributed by atoms with Gasteiger partial charge in [0.2, 0.25) is 5.89 Å². The molecule has 130 valence electrons. The summed E-state index contributed by atoms with van der Waals surface area (Å²) in [6.07, 6.45) is 4.42. The number of hydrogen-bond acceptors (Lipinski definition) is 5. The van der Waals surface area contributed by atoms with E-state index in [4.69, 9.17) is 4.52 Å². The highest BCUT2D eigenvalue weighted by atomic mass is 16.5. The number of aryl methyl sites for hydroxylation is 2. The fraction of sp³-hybridized carbons (Fsp3) is 0.579. The van der Waals surface area contributed by atoms with Crippen LogP contribution in [0.25, 0.3) is 0 Å². The molecule has 0 N–H and O–H groups in total. The zero-order valence-electron chi connectivity index (χ0n) is 14.8. The molecule has 1 aromatic heterocycles. The third-order valence-electron chi connectivity index (χ3n) is 4.86. The van der Waals surface area contributed by atoms with Crippen LogP contribution in [0.3, 0.4) is 0 Å². The minimum Gasteiger partial charge on any atom is -0.339 e. The Bertz CT molecular complexity index is 613. The highest BCUT2D eigenvalue weighted by Crippen LogP contribution is 2.17. The third-order valence-corrected chi connectivity index (χ3v) is 4.86. The zero-order chi connectivity index (χ0) is 16.8. The van der Waals surface area contributed by atoms with Crippen molar-refractivity contribution in [1.82, 2.24) is 19.9 Å². The summed E-state index contributed by atoms with van der Waals surface area (Å²) in [5.41, 5.74) is 1.44. The van der Waals surface area contributed by atoms with Crippen molar-refractivity contribution in [3.63, 3.8) is 0 Å². The molecule has 1 atom stereocenters. The SMILES string of the molecule is CCc1nc(CN(C)C2CCN(CCCc3ccccc3)C2)no1. The van der Waals surface area contributed by atoms with Crippen LogP contribution >= 0.6 is 0 Å². The van der Waals surface area contributed by atoms with Crippen LogP contribution in [0.5, 0.6) is 0 Å². The van der Waals surface area contributed by atoms with Crippen molar-refractivity contribution in [2.24, 2.45) is 0 Å². The zero-order valence-corrected chi connectivity index (χ0v) is 14.8. The molecule has 0 bridgehead atoms. The van der Waals surface area contributed by atoms with Crippen molar-refractivity contribution < 1.29 is 4.52 Å². The van der Waals surface area contributed by atoms with E-state index in [1.165, 1.54) is 37.9 Å². The van der Waals surface area contributed by atoms with Crippen molar-refractivity contribution in [1.29, 1.82) is 0 Å². The molecule has 1 fully saturated rings. The van der Waals surface area contributed by atoms with Gasteiger partial charge in [-0.15, -0.1) is 0 Å². The topological polar surface area (TPSA) is 45.4 Å². The van der Waals surface area contributed by atoms with E-state index in [1.54, 1.807) is 0 Å². The molecule has 0 saturated carbocycles. The minimum absolute atomic E-state index is 0.588. The molecular formula is C19H28N4O. The van der Waals surface area contributed by atoms with Crippen LogP contribution in [0.1, 0.15) is 37.0 Å². The van der Waals surface area contributed by atoms with Crippen molar-refractivity contribution in [3.05, 3.63) is 47.6 Å². The number of nitrogens with zero attached hydrogens (tertiary/aromatic N) is 4. The quantitative estimate of drug-likeness (QED) is 0.745. The van der Waals surface area contributed by atoms with Gasteiger partial charge in [0.25, 0.3) is 0 Å². The van der Waals surface area contributed by atoms with E-state index in [-0.39, 0.29) is 0 Å². The number of aromatic nitrogens is 2. The van der Waals surface area contributed by atoms with Gasteiger partial charge < -0.3 is 9.42 Å². The van der Waals surface area contributed by atoms with Crippen LogP contribution in [0.2, 0.25) is 0 Å². The Kier molecular flexibility index (Phi) is 5.99. The average molecular weight is 328 g/mol. The Morgan fingerprint density at radius 2 is 2.12 bits per heavy atom. The molecule has 24 heavy (non-hydrogen) atoms. The maximum Gasteiger partial charge on any atom is 0.226 e. The molecule has 0 radical (unpaired) electrons. The second-order valence-electron chi connectivity index (χ2n) is 6.71. The molecule has 3 rings (SSSR count). The molecule has 5 heteroatoms. The van der Waals surface area contributed by atoms with Crippen molar-refractivity contribution in [3.8, 4) is 0 Å². The molecular weight excluding hydrogens is 300 g/mol. The molecule has 0 spiro atoms. The lowest BCUT2D eigenvalue weighted by Gasteiger charge is -2.23. The van der Waals surface area contributed by atoms with Crippen LogP contribution in [0.4, 0.5) is 0 Å². The number of likely N-dealkylation sites (tertiary alicyclic amines) is 1. The highest BCUT2D eigenvalue weighted by molar-refractivity contribution is 5.14. The monoisotopic (exact) mass is 328 g/mol. The summed E-state index contributed by atoms with van der Waals surface area (Å²) >= 11 is 0. The molecule has 1 aliphatic rings. The van der Waals surface area contributed by atoms with E-state index in [0.29, 0.717) is 6.04 Å². The Hall–Kier alpha value is -1.72. The van der Waals surface area contributed by atoms with Crippen LogP contribution in [0, 0.1) is 0 Å². The molecule has 1 aromatic carbocycles. The number of benzene rings is 1. The summed E-state index contributed by atoms with van der Waals surface area (Å²) in [6.45, 7) is 6.32. The Balaban J connectivity index is 1.39. The summed E-state index contributed by atoms with van der Waals surface area (Å²) in [6, 6.07) is 11.4. The fourth-order valence-electron chi connectivity index (χ4n) is 3.38. The van der Waals surface area contributed by atoms with Crippen molar-refractivity contribution >= 4 is 0 Å². The molecule has 0 aliphatic carbocycles. The smallest absolute Gasteiger partial charge is 0.226 e. The summed E-state index contributed by atoms with van der Waals surface area (Å²) < 4.78 is 5.20. The predicted molar refractivity (Wildman–Crippen MR) is 94.8 cm³/mol. The molecule has 0 amide bonds. The first-order valence-corrected chi connectivity index (χ1v) is 9.02. The average Bonchev–Trinajstić information content (AvgIpc) is 3.25. The number of likely N-dealkylation sites (N-methyl/N-ethyl adjacent to an activating group) is 1. The van der Waals surface area contributed by atoms with Gasteiger partial charge in [-0.25, -0.2) is 0 Å². The summed E-state index contributed by atoms with van der Waals surface area (Å²) in [4.78, 5) is 9.35. The normalized spacial score (nSPS) is 18.5. The van der Waals surface area contributed by atoms with E-state index in [1.807, 2.05) is 6.92 Å². The second-order valence-corrected chi connectivity index (χ2v) is 6.71. The van der Waals surface area contributed by atoms with Crippen molar-refractivity contribution in [2.45, 2.75) is 45.2 Å². The lowest BCUT2D eigenvalue weighted by Crippen LogP contribution is -2.34. The first-order chi connectivity index (χ1) is 11.7. The minimum atomic E-state index is 0.588. The van der Waals surface area contributed by atoms with Gasteiger partial charge in [-0.05, 0) is 45.0 Å². The second kappa shape index (κ2) is 8.40. The maximum absolute atomic E-state index is 5.20. The van der Waals surface area contributed by atoms with E-state index in [9.17, 15) is 0 Å². The molecule has 2 aromatic rings. The van der Waals surface area contributed by atoms with E-state index in [2.05, 4.69) is 57.3 Å². The van der Waals surface area contributed by atoms with Gasteiger partial charge in [0.15, 0.2) is 5.82 Å². The van der Waals surface area contributed by atoms with Crippen LogP contribution in [-0.2, 0) is 19.4 Å². The van der Waals surface area contributed by atoms with Gasteiger partial charge in [0, 0.05) is 19.0 Å². The highest BCUT2D eigenvalue weighted by Gasteiger charge is 2.26. The fourth-order valence-corrected chi connectivity index (χ4v) is 3.38. The Morgan fingerprint density at radius 1 is 1.29 bits per heavy atom. The van der Waals surface area contributed by atoms with Gasteiger partial charge in [0.1, 0.15) is 0 Å². The van der Waals surface area contributed by atoms with Gasteiger partial charge >= 0.3 is 0 Å². The standard InChI is InChI=1S/C19H28N4O/c1-3-19-20-18(21-24-19)15-22(2)17-11-13-23(14-17)12-7-10-16-8-5-4-6-9-16/h4-6,8-9,17H,3,7,10-15H2,1-2H3. The van der Waals surface area contributed by atoms with E-state index < -0.39 is 0 Å². The summed E-state index contributed by atoms with van der Waals surface area (Å²) in [5, 5.41) is 4.06. The number of hydrogen-bond donors (Lipinski definition) is 0. The van der Waals surface area contributed by atoms with E-state index in [0.717, 1.165) is 31.2 Å². The first kappa shape index (κ1) is 17.1. The van der Waals surface area contributed by atoms with Crippen LogP contribution in [0.15, 0.2) is 34.9 Å². The summed E-state index contributed by atoms with van der Waals surface area (Å²) in [5.74, 6) is 1.53. The van der Waals surface area contributed by atoms with Gasteiger partial charge in [-0.2, -0.15) is 4.98 Å². The Labute approximate surface area is 144 Å². The predicted octanol–water partition coefficient (Wildman–Crippen LogP) is 2.77.